The Morgan fingerprint density at radius 2 is 2.04 bits per heavy atom. The van der Waals surface area contributed by atoms with Crippen LogP contribution in [0.3, 0.4) is 0 Å². The van der Waals surface area contributed by atoms with E-state index in [1.807, 2.05) is 6.07 Å². The summed E-state index contributed by atoms with van der Waals surface area (Å²) in [6.45, 7) is 3.23. The number of rotatable bonds is 5. The maximum atomic E-state index is 13.1. The topological polar surface area (TPSA) is 81.5 Å². The third-order valence-electron chi connectivity index (χ3n) is 4.69. The minimum atomic E-state index is -3.88. The van der Waals surface area contributed by atoms with Gasteiger partial charge in [0.05, 0.1) is 13.7 Å². The number of sulfonamides is 1. The molecule has 1 aromatic heterocycles. The summed E-state index contributed by atoms with van der Waals surface area (Å²) < 4.78 is 33.7. The molecule has 0 radical (unpaired) electrons. The Morgan fingerprint density at radius 3 is 2.67 bits per heavy atom. The first kappa shape index (κ1) is 19.9. The number of benzene rings is 1. The largest absolute Gasteiger partial charge is 0.465 e. The number of piperidine rings is 1. The van der Waals surface area contributed by atoms with Gasteiger partial charge in [0, 0.05) is 24.3 Å². The van der Waals surface area contributed by atoms with Gasteiger partial charge in [0.2, 0.25) is 5.03 Å². The number of halogens is 1. The number of aromatic nitrogens is 2. The summed E-state index contributed by atoms with van der Waals surface area (Å²) in [5, 5.41) is 4.53. The molecule has 3 rings (SSSR count). The molecule has 0 unspecified atom stereocenters. The van der Waals surface area contributed by atoms with Gasteiger partial charge in [0.1, 0.15) is 5.56 Å². The number of methoxy groups -OCH3 is 1. The van der Waals surface area contributed by atoms with E-state index in [4.69, 9.17) is 16.3 Å². The Hall–Kier alpha value is -1.90. The van der Waals surface area contributed by atoms with Gasteiger partial charge in [0.15, 0.2) is 0 Å². The summed E-state index contributed by atoms with van der Waals surface area (Å²) in [5.41, 5.74) is 0.787. The van der Waals surface area contributed by atoms with E-state index >= 15 is 0 Å². The summed E-state index contributed by atoms with van der Waals surface area (Å²) in [6.07, 6.45) is 2.98. The van der Waals surface area contributed by atoms with Crippen molar-refractivity contribution < 1.29 is 17.9 Å². The number of esters is 1. The van der Waals surface area contributed by atoms with Crippen LogP contribution in [-0.4, -0.2) is 48.7 Å². The van der Waals surface area contributed by atoms with Crippen molar-refractivity contribution in [3.8, 4) is 0 Å². The first-order valence-corrected chi connectivity index (χ1v) is 10.5. The molecule has 0 amide bonds. The molecule has 7 nitrogen and oxygen atoms in total. The van der Waals surface area contributed by atoms with Gasteiger partial charge in [0.25, 0.3) is 10.0 Å². The van der Waals surface area contributed by atoms with Crippen molar-refractivity contribution in [3.63, 3.8) is 0 Å². The van der Waals surface area contributed by atoms with Gasteiger partial charge < -0.3 is 4.74 Å². The van der Waals surface area contributed by atoms with Crippen LogP contribution in [0.15, 0.2) is 35.5 Å². The molecule has 0 bridgehead atoms. The molecule has 0 spiro atoms. The molecule has 27 heavy (non-hydrogen) atoms. The number of nitrogens with zero attached hydrogens (tertiary/aromatic N) is 3. The van der Waals surface area contributed by atoms with Crippen LogP contribution >= 0.6 is 11.6 Å². The molecule has 2 heterocycles. The van der Waals surface area contributed by atoms with Crippen LogP contribution in [0, 0.1) is 5.92 Å². The Bertz CT molecular complexity index is 934. The number of hydrogen-bond donors (Lipinski definition) is 0. The normalized spacial score (nSPS) is 16.4. The SMILES string of the molecule is COC(=O)c1cn(Cc2cccc(Cl)c2)nc1S(=O)(=O)N1CCC(C)CC1. The Balaban J connectivity index is 1.95. The second-order valence-electron chi connectivity index (χ2n) is 6.75. The van der Waals surface area contributed by atoms with Crippen molar-refractivity contribution in [2.75, 3.05) is 20.2 Å². The molecule has 0 aliphatic carbocycles. The lowest BCUT2D eigenvalue weighted by atomic mass is 10.0. The molecule has 9 heteroatoms. The lowest BCUT2D eigenvalue weighted by Gasteiger charge is -2.28. The van der Waals surface area contributed by atoms with E-state index in [-0.39, 0.29) is 17.1 Å². The highest BCUT2D eigenvalue weighted by Crippen LogP contribution is 2.25. The van der Waals surface area contributed by atoms with Crippen molar-refractivity contribution >= 4 is 27.6 Å². The number of ether oxygens (including phenoxy) is 1. The predicted molar refractivity (Wildman–Crippen MR) is 101 cm³/mol. The molecule has 146 valence electrons. The first-order valence-electron chi connectivity index (χ1n) is 8.71. The zero-order valence-corrected chi connectivity index (χ0v) is 16.8. The number of carbonyl (C=O) groups excluding carboxylic acids is 1. The molecular formula is C18H22ClN3O4S. The third kappa shape index (κ3) is 4.34. The lowest BCUT2D eigenvalue weighted by molar-refractivity contribution is 0.0596. The summed E-state index contributed by atoms with van der Waals surface area (Å²) in [6, 6.07) is 7.17. The predicted octanol–water partition coefficient (Wildman–Crippen LogP) is 2.79. The smallest absolute Gasteiger partial charge is 0.342 e. The van der Waals surface area contributed by atoms with Crippen molar-refractivity contribution in [2.24, 2.45) is 5.92 Å². The molecule has 1 aliphatic rings. The highest BCUT2D eigenvalue weighted by atomic mass is 35.5. The molecule has 1 aliphatic heterocycles. The van der Waals surface area contributed by atoms with Crippen LogP contribution in [-0.2, 0) is 21.3 Å². The van der Waals surface area contributed by atoms with Gasteiger partial charge >= 0.3 is 5.97 Å². The van der Waals surface area contributed by atoms with Crippen LogP contribution in [0.25, 0.3) is 0 Å². The molecule has 2 aromatic rings. The quantitative estimate of drug-likeness (QED) is 0.706. The minimum Gasteiger partial charge on any atom is -0.465 e. The monoisotopic (exact) mass is 411 g/mol. The third-order valence-corrected chi connectivity index (χ3v) is 6.76. The summed E-state index contributed by atoms with van der Waals surface area (Å²) in [5.74, 6) is -0.242. The van der Waals surface area contributed by atoms with Crippen molar-refractivity contribution in [1.29, 1.82) is 0 Å². The van der Waals surface area contributed by atoms with E-state index in [2.05, 4.69) is 12.0 Å². The van der Waals surface area contributed by atoms with Gasteiger partial charge in [-0.25, -0.2) is 13.2 Å². The highest BCUT2D eigenvalue weighted by Gasteiger charge is 2.34. The average Bonchev–Trinajstić information content (AvgIpc) is 3.06. The van der Waals surface area contributed by atoms with E-state index < -0.39 is 16.0 Å². The second kappa shape index (κ2) is 8.00. The molecule has 0 atom stereocenters. The van der Waals surface area contributed by atoms with E-state index in [1.54, 1.807) is 18.2 Å². The Morgan fingerprint density at radius 1 is 1.33 bits per heavy atom. The molecule has 0 N–H and O–H groups in total. The van der Waals surface area contributed by atoms with E-state index in [9.17, 15) is 13.2 Å². The fraction of sp³-hybridized carbons (Fsp3) is 0.444. The molecule has 1 aromatic carbocycles. The van der Waals surface area contributed by atoms with Gasteiger partial charge in [-0.2, -0.15) is 9.40 Å². The van der Waals surface area contributed by atoms with E-state index in [1.165, 1.54) is 22.3 Å². The van der Waals surface area contributed by atoms with Gasteiger partial charge in [-0.3, -0.25) is 4.68 Å². The fourth-order valence-corrected chi connectivity index (χ4v) is 4.87. The molecule has 0 saturated carbocycles. The average molecular weight is 412 g/mol. The lowest BCUT2D eigenvalue weighted by Crippen LogP contribution is -2.38. The number of carbonyl (C=O) groups is 1. The Kier molecular flexibility index (Phi) is 5.88. The molecular weight excluding hydrogens is 390 g/mol. The van der Waals surface area contributed by atoms with E-state index in [0.29, 0.717) is 24.0 Å². The standard InChI is InChI=1S/C18H22ClN3O4S/c1-13-6-8-22(9-7-13)27(24,25)17-16(18(23)26-2)12-21(20-17)11-14-4-3-5-15(19)10-14/h3-5,10,12-13H,6-9,11H2,1-2H3. The minimum absolute atomic E-state index is 0.0573. The van der Waals surface area contributed by atoms with E-state index in [0.717, 1.165) is 18.4 Å². The Labute approximate surface area is 163 Å². The van der Waals surface area contributed by atoms with Crippen LogP contribution < -0.4 is 0 Å². The molecule has 1 fully saturated rings. The second-order valence-corrected chi connectivity index (χ2v) is 9.04. The van der Waals surface area contributed by atoms with Crippen LogP contribution in [0.5, 0.6) is 0 Å². The van der Waals surface area contributed by atoms with Gasteiger partial charge in [-0.1, -0.05) is 30.7 Å². The summed E-state index contributed by atoms with van der Waals surface area (Å²) in [4.78, 5) is 12.2. The maximum Gasteiger partial charge on any atom is 0.342 e. The zero-order chi connectivity index (χ0) is 19.6. The highest BCUT2D eigenvalue weighted by molar-refractivity contribution is 7.89. The van der Waals surface area contributed by atoms with Crippen LogP contribution in [0.2, 0.25) is 5.02 Å². The van der Waals surface area contributed by atoms with Crippen molar-refractivity contribution in [2.45, 2.75) is 31.3 Å². The van der Waals surface area contributed by atoms with Gasteiger partial charge in [-0.15, -0.1) is 0 Å². The fourth-order valence-electron chi connectivity index (χ4n) is 3.10. The van der Waals surface area contributed by atoms with Crippen molar-refractivity contribution in [1.82, 2.24) is 14.1 Å². The van der Waals surface area contributed by atoms with Crippen LogP contribution in [0.1, 0.15) is 35.7 Å². The van der Waals surface area contributed by atoms with Crippen LogP contribution in [0.4, 0.5) is 0 Å². The summed E-state index contributed by atoms with van der Waals surface area (Å²) >= 11 is 6.00. The first-order chi connectivity index (χ1) is 12.8. The summed E-state index contributed by atoms with van der Waals surface area (Å²) in [7, 11) is -2.66. The molecule has 1 saturated heterocycles. The zero-order valence-electron chi connectivity index (χ0n) is 15.3. The van der Waals surface area contributed by atoms with Gasteiger partial charge in [-0.05, 0) is 36.5 Å². The van der Waals surface area contributed by atoms with Crippen molar-refractivity contribution in [3.05, 3.63) is 46.6 Å². The maximum absolute atomic E-state index is 13.1. The number of hydrogen-bond acceptors (Lipinski definition) is 5.